The number of methoxy groups -OCH3 is 1. The number of benzene rings is 1. The van der Waals surface area contributed by atoms with Crippen molar-refractivity contribution in [3.8, 4) is 5.75 Å². The lowest BCUT2D eigenvalue weighted by molar-refractivity contribution is -0.384. The molecule has 0 saturated heterocycles. The van der Waals surface area contributed by atoms with Crippen LogP contribution in [0.1, 0.15) is 5.56 Å². The maximum Gasteiger partial charge on any atom is 0.296 e. The zero-order chi connectivity index (χ0) is 10.0. The van der Waals surface area contributed by atoms with E-state index in [1.165, 1.54) is 13.2 Å². The molecule has 0 bridgehead atoms. The molecule has 0 heterocycles. The molecule has 1 rings (SSSR count). The molecule has 0 amide bonds. The summed E-state index contributed by atoms with van der Waals surface area (Å²) in [6.07, 6.45) is 0. The van der Waals surface area contributed by atoms with E-state index >= 15 is 0 Å². The minimum absolute atomic E-state index is 0.0677. The summed E-state index contributed by atoms with van der Waals surface area (Å²) in [6, 6.07) is 3.07. The quantitative estimate of drug-likeness (QED) is 0.427. The summed E-state index contributed by atoms with van der Waals surface area (Å²) in [5.74, 6) is 0.340. The van der Waals surface area contributed by atoms with Gasteiger partial charge >= 0.3 is 0 Å². The lowest BCUT2D eigenvalue weighted by Crippen LogP contribution is -1.99. The molecule has 0 aliphatic rings. The molecule has 1 aromatic rings. The van der Waals surface area contributed by atoms with Crippen molar-refractivity contribution in [1.82, 2.24) is 0 Å². The number of ether oxygens (including phenoxy) is 1. The largest absolute Gasteiger partial charge is 0.494 e. The lowest BCUT2D eigenvalue weighted by Gasteiger charge is -2.05. The molecule has 0 saturated carbocycles. The van der Waals surface area contributed by atoms with Crippen molar-refractivity contribution in [2.24, 2.45) is 0 Å². The van der Waals surface area contributed by atoms with Gasteiger partial charge in [0.1, 0.15) is 5.75 Å². The zero-order valence-corrected chi connectivity index (χ0v) is 7.40. The average Bonchev–Trinajstić information content (AvgIpc) is 2.08. The Balaban J connectivity index is 3.35. The summed E-state index contributed by atoms with van der Waals surface area (Å²) in [5, 5.41) is 10.5. The zero-order valence-electron chi connectivity index (χ0n) is 7.40. The van der Waals surface area contributed by atoms with Crippen LogP contribution in [0.25, 0.3) is 0 Å². The van der Waals surface area contributed by atoms with Crippen LogP contribution in [0.4, 0.5) is 11.4 Å². The number of nitro groups is 1. The van der Waals surface area contributed by atoms with Crippen molar-refractivity contribution in [2.45, 2.75) is 6.92 Å². The fourth-order valence-corrected chi connectivity index (χ4v) is 1.07. The van der Waals surface area contributed by atoms with Gasteiger partial charge in [-0.15, -0.1) is 0 Å². The Morgan fingerprint density at radius 3 is 2.62 bits per heavy atom. The van der Waals surface area contributed by atoms with Gasteiger partial charge in [-0.3, -0.25) is 10.1 Å². The first-order valence-electron chi connectivity index (χ1n) is 3.64. The summed E-state index contributed by atoms with van der Waals surface area (Å²) >= 11 is 0. The molecule has 5 heteroatoms. The van der Waals surface area contributed by atoms with Gasteiger partial charge in [0.15, 0.2) is 5.69 Å². The average molecular weight is 182 g/mol. The van der Waals surface area contributed by atoms with Crippen LogP contribution >= 0.6 is 0 Å². The smallest absolute Gasteiger partial charge is 0.296 e. The third kappa shape index (κ3) is 1.69. The minimum Gasteiger partial charge on any atom is -0.494 e. The van der Waals surface area contributed by atoms with E-state index in [2.05, 4.69) is 0 Å². The van der Waals surface area contributed by atoms with Crippen LogP contribution in [0, 0.1) is 17.0 Å². The number of nitrogens with two attached hydrogens (primary N) is 1. The SMILES string of the molecule is COc1cc(C)cc([N+](=O)[O-])c1N. The molecule has 1 aromatic carbocycles. The Kier molecular flexibility index (Phi) is 2.36. The van der Waals surface area contributed by atoms with Crippen LogP contribution in [0.2, 0.25) is 0 Å². The van der Waals surface area contributed by atoms with Gasteiger partial charge in [0.25, 0.3) is 5.69 Å². The molecule has 0 aromatic heterocycles. The number of aryl methyl sites for hydroxylation is 1. The lowest BCUT2D eigenvalue weighted by atomic mass is 10.2. The van der Waals surface area contributed by atoms with Gasteiger partial charge in [-0.05, 0) is 18.6 Å². The molecular formula is C8H10N2O3. The molecule has 0 spiro atoms. The Hall–Kier alpha value is -1.78. The summed E-state index contributed by atoms with van der Waals surface area (Å²) in [4.78, 5) is 9.99. The van der Waals surface area contributed by atoms with E-state index in [9.17, 15) is 10.1 Å². The van der Waals surface area contributed by atoms with Gasteiger partial charge in [0, 0.05) is 6.07 Å². The second-order valence-electron chi connectivity index (χ2n) is 2.66. The first kappa shape index (κ1) is 9.31. The second-order valence-corrected chi connectivity index (χ2v) is 2.66. The maximum absolute atomic E-state index is 10.5. The number of nitrogens with zero attached hydrogens (tertiary/aromatic N) is 1. The van der Waals surface area contributed by atoms with Crippen LogP contribution in [0.5, 0.6) is 5.75 Å². The maximum atomic E-state index is 10.5. The highest BCUT2D eigenvalue weighted by atomic mass is 16.6. The predicted octanol–water partition coefficient (Wildman–Crippen LogP) is 1.49. The second kappa shape index (κ2) is 3.30. The van der Waals surface area contributed by atoms with Crippen molar-refractivity contribution in [1.29, 1.82) is 0 Å². The first-order chi connectivity index (χ1) is 6.06. The predicted molar refractivity (Wildman–Crippen MR) is 48.8 cm³/mol. The molecular weight excluding hydrogens is 172 g/mol. The van der Waals surface area contributed by atoms with Gasteiger partial charge in [-0.2, -0.15) is 0 Å². The van der Waals surface area contributed by atoms with E-state index in [4.69, 9.17) is 10.5 Å². The standard InChI is InChI=1S/C8H10N2O3/c1-5-3-6(10(11)12)8(9)7(4-5)13-2/h3-4H,9H2,1-2H3. The number of rotatable bonds is 2. The van der Waals surface area contributed by atoms with Crippen LogP contribution in [-0.4, -0.2) is 12.0 Å². The van der Waals surface area contributed by atoms with E-state index in [1.807, 2.05) is 0 Å². The highest BCUT2D eigenvalue weighted by Crippen LogP contribution is 2.32. The monoisotopic (exact) mass is 182 g/mol. The molecule has 0 unspecified atom stereocenters. The molecule has 5 nitrogen and oxygen atoms in total. The number of anilines is 1. The van der Waals surface area contributed by atoms with E-state index in [1.54, 1.807) is 13.0 Å². The fourth-order valence-electron chi connectivity index (χ4n) is 1.07. The molecule has 0 atom stereocenters. The Labute approximate surface area is 75.3 Å². The topological polar surface area (TPSA) is 78.4 Å². The van der Waals surface area contributed by atoms with Crippen LogP contribution in [0.15, 0.2) is 12.1 Å². The third-order valence-electron chi connectivity index (χ3n) is 1.68. The van der Waals surface area contributed by atoms with Crippen LogP contribution < -0.4 is 10.5 Å². The molecule has 70 valence electrons. The molecule has 0 radical (unpaired) electrons. The molecule has 2 N–H and O–H groups in total. The number of hydrogen-bond donors (Lipinski definition) is 1. The van der Waals surface area contributed by atoms with Crippen molar-refractivity contribution in [3.05, 3.63) is 27.8 Å². The van der Waals surface area contributed by atoms with Crippen molar-refractivity contribution in [3.63, 3.8) is 0 Å². The summed E-state index contributed by atoms with van der Waals surface area (Å²) in [7, 11) is 1.43. The van der Waals surface area contributed by atoms with Crippen molar-refractivity contribution < 1.29 is 9.66 Å². The van der Waals surface area contributed by atoms with Crippen LogP contribution in [-0.2, 0) is 0 Å². The highest BCUT2D eigenvalue weighted by molar-refractivity contribution is 5.68. The van der Waals surface area contributed by atoms with E-state index in [-0.39, 0.29) is 11.4 Å². The van der Waals surface area contributed by atoms with Crippen molar-refractivity contribution in [2.75, 3.05) is 12.8 Å². The number of hydrogen-bond acceptors (Lipinski definition) is 4. The van der Waals surface area contributed by atoms with Gasteiger partial charge in [-0.25, -0.2) is 0 Å². The molecule has 0 aliphatic carbocycles. The number of nitrogen functional groups attached to an aromatic ring is 1. The molecule has 13 heavy (non-hydrogen) atoms. The Morgan fingerprint density at radius 1 is 1.54 bits per heavy atom. The van der Waals surface area contributed by atoms with Crippen LogP contribution in [0.3, 0.4) is 0 Å². The van der Waals surface area contributed by atoms with Crippen molar-refractivity contribution >= 4 is 11.4 Å². The number of nitro benzene ring substituents is 1. The molecule has 0 fully saturated rings. The highest BCUT2D eigenvalue weighted by Gasteiger charge is 2.15. The van der Waals surface area contributed by atoms with E-state index in [0.717, 1.165) is 5.56 Å². The summed E-state index contributed by atoms with van der Waals surface area (Å²) < 4.78 is 4.89. The Bertz CT molecular complexity index is 349. The summed E-state index contributed by atoms with van der Waals surface area (Å²) in [6.45, 7) is 1.74. The van der Waals surface area contributed by atoms with Gasteiger partial charge in [0.05, 0.1) is 12.0 Å². The minimum atomic E-state index is -0.523. The first-order valence-corrected chi connectivity index (χ1v) is 3.64. The van der Waals surface area contributed by atoms with Gasteiger partial charge in [-0.1, -0.05) is 0 Å². The molecule has 0 aliphatic heterocycles. The van der Waals surface area contributed by atoms with E-state index < -0.39 is 4.92 Å². The third-order valence-corrected chi connectivity index (χ3v) is 1.68. The van der Waals surface area contributed by atoms with E-state index in [0.29, 0.717) is 5.75 Å². The normalized spacial score (nSPS) is 9.69. The fraction of sp³-hybridized carbons (Fsp3) is 0.250. The van der Waals surface area contributed by atoms with Gasteiger partial charge < -0.3 is 10.5 Å². The summed E-state index contributed by atoms with van der Waals surface area (Å²) in [5.41, 5.74) is 6.20. The Morgan fingerprint density at radius 2 is 2.15 bits per heavy atom. The van der Waals surface area contributed by atoms with Gasteiger partial charge in [0.2, 0.25) is 0 Å².